The van der Waals surface area contributed by atoms with Crippen molar-refractivity contribution in [3.05, 3.63) is 114 Å². The fraction of sp³-hybridized carbons (Fsp3) is 0.452. The van der Waals surface area contributed by atoms with Gasteiger partial charge in [0.25, 0.3) is 17.6 Å². The number of likely N-dealkylation sites (tertiary alicyclic amines) is 2. The van der Waals surface area contributed by atoms with Crippen LogP contribution < -0.4 is 39.1 Å². The highest BCUT2D eigenvalue weighted by Crippen LogP contribution is 2.55. The third kappa shape index (κ3) is 11.0. The Kier molecular flexibility index (Phi) is 15.5. The van der Waals surface area contributed by atoms with Crippen LogP contribution in [-0.4, -0.2) is 130 Å². The van der Waals surface area contributed by atoms with E-state index in [0.29, 0.717) is 109 Å². The summed E-state index contributed by atoms with van der Waals surface area (Å²) in [5, 5.41) is 7.56. The molecular weight excluding hydrogens is 1000 g/mol. The number of rotatable bonds is 20. The number of hydrogen-bond donors (Lipinski definition) is 2. The molecule has 4 unspecified atom stereocenters. The number of pyridine rings is 2. The minimum atomic E-state index is -1.47. The molecule has 3 aromatic heterocycles. The van der Waals surface area contributed by atoms with Gasteiger partial charge in [-0.2, -0.15) is 0 Å². The minimum Gasteiger partial charge on any atom is -0.493 e. The zero-order valence-electron chi connectivity index (χ0n) is 46.2. The van der Waals surface area contributed by atoms with Crippen LogP contribution in [0.5, 0.6) is 40.2 Å². The van der Waals surface area contributed by atoms with Crippen molar-refractivity contribution in [3.8, 4) is 40.2 Å². The van der Waals surface area contributed by atoms with Gasteiger partial charge in [0.05, 0.1) is 60.9 Å². The van der Waals surface area contributed by atoms with Gasteiger partial charge in [0.2, 0.25) is 0 Å². The maximum Gasteiger partial charge on any atom is 0.265 e. The van der Waals surface area contributed by atoms with Gasteiger partial charge in [-0.05, 0) is 101 Å². The maximum atomic E-state index is 13.8. The van der Waals surface area contributed by atoms with Crippen molar-refractivity contribution < 1.29 is 51.9 Å². The Balaban J connectivity index is 0.878. The van der Waals surface area contributed by atoms with Crippen LogP contribution in [0.1, 0.15) is 80.8 Å². The third-order valence-electron chi connectivity index (χ3n) is 16.4. The van der Waals surface area contributed by atoms with Crippen molar-refractivity contribution in [3.63, 3.8) is 0 Å². The van der Waals surface area contributed by atoms with E-state index >= 15 is 0 Å². The zero-order valence-corrected chi connectivity index (χ0v) is 46.2. The van der Waals surface area contributed by atoms with Gasteiger partial charge in [0, 0.05) is 106 Å². The average molecular weight is 1080 g/mol. The predicted molar refractivity (Wildman–Crippen MR) is 301 cm³/mol. The Bertz CT molecular complexity index is 3350. The van der Waals surface area contributed by atoms with E-state index in [4.69, 9.17) is 52.3 Å². The van der Waals surface area contributed by atoms with Gasteiger partial charge in [0.1, 0.15) is 40.5 Å². The first kappa shape index (κ1) is 53.7. The van der Waals surface area contributed by atoms with Crippen LogP contribution in [0.25, 0.3) is 32.8 Å². The molecule has 1 saturated carbocycles. The number of amides is 2. The number of furan rings is 1. The molecule has 416 valence electrons. The number of hydrogen-bond acceptors (Lipinski definition) is 15. The molecule has 4 atom stereocenters. The summed E-state index contributed by atoms with van der Waals surface area (Å²) >= 11 is 0. The zero-order chi connectivity index (χ0) is 54.8. The predicted octanol–water partition coefficient (Wildman–Crippen LogP) is 10.2. The fourth-order valence-corrected chi connectivity index (χ4v) is 12.1. The quantitative estimate of drug-likeness (QED) is 0.0545. The Hall–Kier alpha value is -7.34. The number of ether oxygens (including phenoxy) is 8. The lowest BCUT2D eigenvalue weighted by Crippen LogP contribution is -2.49. The van der Waals surface area contributed by atoms with Gasteiger partial charge in [-0.25, -0.2) is 0 Å². The molecule has 1 spiro atoms. The van der Waals surface area contributed by atoms with Gasteiger partial charge in [-0.1, -0.05) is 31.1 Å². The molecule has 3 fully saturated rings. The number of carbonyl (C=O) groups is 2. The molecule has 2 amide bonds. The number of fused-ring (bicyclic) bond motifs is 4. The molecule has 0 radical (unpaired) electrons. The van der Waals surface area contributed by atoms with Crippen LogP contribution >= 0.6 is 0 Å². The summed E-state index contributed by atoms with van der Waals surface area (Å²) in [4.78, 5) is 40.9. The molecular formula is C62H72N6O11. The molecule has 3 aliphatic heterocycles. The first-order valence-corrected chi connectivity index (χ1v) is 27.8. The summed E-state index contributed by atoms with van der Waals surface area (Å²) < 4.78 is 58.5. The van der Waals surface area contributed by atoms with Crippen LogP contribution in [-0.2, 0) is 14.3 Å². The molecule has 6 aromatic rings. The average Bonchev–Trinajstić information content (AvgIpc) is 4.19. The van der Waals surface area contributed by atoms with Crippen molar-refractivity contribution in [2.45, 2.75) is 89.6 Å². The van der Waals surface area contributed by atoms with E-state index in [9.17, 15) is 9.59 Å². The van der Waals surface area contributed by atoms with Crippen molar-refractivity contribution in [2.75, 3.05) is 80.8 Å². The lowest BCUT2D eigenvalue weighted by Gasteiger charge is -2.39. The maximum absolute atomic E-state index is 13.8. The highest BCUT2D eigenvalue weighted by molar-refractivity contribution is 6.07. The summed E-state index contributed by atoms with van der Waals surface area (Å²) in [6.45, 7) is 14.6. The molecule has 79 heavy (non-hydrogen) atoms. The van der Waals surface area contributed by atoms with Gasteiger partial charge in [-0.15, -0.1) is 0 Å². The Morgan fingerprint density at radius 1 is 0.785 bits per heavy atom. The lowest BCUT2D eigenvalue weighted by atomic mass is 9.83. The highest BCUT2D eigenvalue weighted by atomic mass is 16.7. The molecule has 5 aliphatic rings. The Morgan fingerprint density at radius 2 is 1.49 bits per heavy atom. The van der Waals surface area contributed by atoms with Gasteiger partial charge in [0.15, 0.2) is 23.0 Å². The minimum absolute atomic E-state index is 0.172. The van der Waals surface area contributed by atoms with E-state index < -0.39 is 17.8 Å². The first-order chi connectivity index (χ1) is 38.4. The van der Waals surface area contributed by atoms with Gasteiger partial charge < -0.3 is 57.8 Å². The number of likely N-dealkylation sites (N-methyl/N-ethyl adjacent to an activating group) is 1. The van der Waals surface area contributed by atoms with Crippen molar-refractivity contribution in [1.82, 2.24) is 30.4 Å². The van der Waals surface area contributed by atoms with E-state index in [1.165, 1.54) is 37.7 Å². The summed E-state index contributed by atoms with van der Waals surface area (Å²) in [5.41, 5.74) is 4.35. The molecule has 2 saturated heterocycles. The van der Waals surface area contributed by atoms with E-state index in [0.717, 1.165) is 63.9 Å². The molecule has 11 rings (SSSR count). The molecule has 0 bridgehead atoms. The molecule has 6 heterocycles. The monoisotopic (exact) mass is 1080 g/mol. The summed E-state index contributed by atoms with van der Waals surface area (Å²) in [6, 6.07) is 16.5. The number of carbonyl (C=O) groups excluding carboxylic acids is 2. The SMILES string of the molecule is C=C1CN(CCCOc2cc3nccc(Oc4ccc5c(C(=O)NC)c(C)oc5c4)c3cc2OC23CC(Oc4ccnc5cc(OCCCN6CCCCCC(OC)C6)c(OC)cc45)C=CC2C(C(=O)NC)=C(C)O3)CC12CC2. The second-order valence-electron chi connectivity index (χ2n) is 21.6. The van der Waals surface area contributed by atoms with Crippen LogP contribution in [0.2, 0.25) is 0 Å². The molecule has 2 aliphatic carbocycles. The fourth-order valence-electron chi connectivity index (χ4n) is 12.1. The number of methoxy groups -OCH3 is 2. The van der Waals surface area contributed by atoms with Crippen LogP contribution in [0.4, 0.5) is 0 Å². The summed E-state index contributed by atoms with van der Waals surface area (Å²) in [7, 11) is 6.64. The second-order valence-corrected chi connectivity index (χ2v) is 21.6. The van der Waals surface area contributed by atoms with E-state index in [-0.39, 0.29) is 24.3 Å². The third-order valence-corrected chi connectivity index (χ3v) is 16.4. The van der Waals surface area contributed by atoms with Crippen LogP contribution in [0.3, 0.4) is 0 Å². The van der Waals surface area contributed by atoms with Crippen molar-refractivity contribution in [2.24, 2.45) is 11.3 Å². The number of allylic oxidation sites excluding steroid dienone is 1. The normalized spacial score (nSPS) is 21.9. The van der Waals surface area contributed by atoms with E-state index in [1.807, 2.05) is 55.7 Å². The number of nitrogens with zero attached hydrogens (tertiary/aromatic N) is 4. The molecule has 2 N–H and O–H groups in total. The lowest BCUT2D eigenvalue weighted by molar-refractivity contribution is -0.175. The molecule has 17 heteroatoms. The topological polar surface area (TPSA) is 177 Å². The number of aryl methyl sites for hydroxylation is 1. The van der Waals surface area contributed by atoms with Crippen molar-refractivity contribution >= 4 is 44.6 Å². The van der Waals surface area contributed by atoms with Crippen LogP contribution in [0.15, 0.2) is 107 Å². The van der Waals surface area contributed by atoms with Crippen molar-refractivity contribution in [1.29, 1.82) is 0 Å². The highest BCUT2D eigenvalue weighted by Gasteiger charge is 2.56. The van der Waals surface area contributed by atoms with E-state index in [1.54, 1.807) is 65.6 Å². The number of aromatic nitrogens is 2. The second kappa shape index (κ2) is 22.8. The van der Waals surface area contributed by atoms with Crippen LogP contribution in [0, 0.1) is 18.3 Å². The smallest absolute Gasteiger partial charge is 0.265 e. The molecule has 3 aromatic carbocycles. The summed E-state index contributed by atoms with van der Waals surface area (Å²) in [5.74, 6) is 1.84. The first-order valence-electron chi connectivity index (χ1n) is 27.8. The largest absolute Gasteiger partial charge is 0.493 e. The number of nitrogens with one attached hydrogen (secondary N) is 2. The molecule has 17 nitrogen and oxygen atoms in total. The van der Waals surface area contributed by atoms with Gasteiger partial charge in [-0.3, -0.25) is 24.5 Å². The Labute approximate surface area is 461 Å². The van der Waals surface area contributed by atoms with E-state index in [2.05, 4.69) is 27.0 Å². The standard InChI is InChI=1S/C62H72N6O11/c1-38-35-68(37-61(38)20-21-61)26-12-28-74-55-33-49-46(50(18-22-66-49)76-41-14-16-44-52(29-41)75-39(2)57(44)59(69)63-4)31-56(55)79-62-34-42(15-17-47(62)58(40(3)78-62)60(70)64-5)77-51-19-23-65-48-32-54(53(72-7)30-45(48)51)73-27-11-25-67-24-10-8-9-13-43(36-67)71-6/h14-19,22-23,29-33,42-43,47H,1,8-13,20-21,24-28,34-37H2,2-7H3,(H,63,69)(H,64,70). The number of benzene rings is 3. The Morgan fingerprint density at radius 3 is 2.20 bits per heavy atom. The van der Waals surface area contributed by atoms with Gasteiger partial charge >= 0.3 is 0 Å². The summed E-state index contributed by atoms with van der Waals surface area (Å²) in [6.07, 6.45) is 15.9.